The molecule has 0 aliphatic carbocycles. The van der Waals surface area contributed by atoms with Crippen LogP contribution in [0.2, 0.25) is 0 Å². The van der Waals surface area contributed by atoms with Crippen molar-refractivity contribution in [2.75, 3.05) is 5.32 Å². The molecule has 2 aromatic rings. The number of fused-ring (bicyclic) bond motifs is 1. The van der Waals surface area contributed by atoms with Crippen LogP contribution in [0.15, 0.2) is 17.8 Å². The summed E-state index contributed by atoms with van der Waals surface area (Å²) in [5.41, 5.74) is 0. The Morgan fingerprint density at radius 2 is 2.38 bits per heavy atom. The molecule has 2 rings (SSSR count). The van der Waals surface area contributed by atoms with Gasteiger partial charge in [-0.2, -0.15) is 0 Å². The van der Waals surface area contributed by atoms with Crippen LogP contribution in [0.1, 0.15) is 26.2 Å². The third kappa shape index (κ3) is 2.36. The van der Waals surface area contributed by atoms with Gasteiger partial charge in [0.05, 0.1) is 5.39 Å². The van der Waals surface area contributed by atoms with Gasteiger partial charge >= 0.3 is 0 Å². The van der Waals surface area contributed by atoms with Gasteiger partial charge in [-0.1, -0.05) is 13.3 Å². The highest BCUT2D eigenvalue weighted by Crippen LogP contribution is 2.23. The SMILES string of the molecule is CCCCC(=O)Nc1ncnc2sccc12. The van der Waals surface area contributed by atoms with E-state index in [9.17, 15) is 4.79 Å². The Balaban J connectivity index is 2.14. The van der Waals surface area contributed by atoms with Crippen LogP contribution >= 0.6 is 11.3 Å². The van der Waals surface area contributed by atoms with Crippen molar-refractivity contribution in [2.24, 2.45) is 0 Å². The molecule has 0 saturated carbocycles. The third-order valence-electron chi connectivity index (χ3n) is 2.28. The molecule has 0 bridgehead atoms. The van der Waals surface area contributed by atoms with E-state index < -0.39 is 0 Å². The number of nitrogens with zero attached hydrogens (tertiary/aromatic N) is 2. The maximum absolute atomic E-state index is 11.6. The summed E-state index contributed by atoms with van der Waals surface area (Å²) in [7, 11) is 0. The van der Waals surface area contributed by atoms with E-state index in [1.807, 2.05) is 11.4 Å². The summed E-state index contributed by atoms with van der Waals surface area (Å²) in [5, 5.41) is 5.68. The van der Waals surface area contributed by atoms with Crippen LogP contribution in [0.25, 0.3) is 10.2 Å². The van der Waals surface area contributed by atoms with Crippen molar-refractivity contribution >= 4 is 33.3 Å². The molecule has 0 aliphatic rings. The second kappa shape index (κ2) is 5.03. The van der Waals surface area contributed by atoms with Crippen LogP contribution in [0, 0.1) is 0 Å². The minimum absolute atomic E-state index is 0.0213. The second-order valence-corrected chi connectivity index (χ2v) is 4.41. The monoisotopic (exact) mass is 235 g/mol. The smallest absolute Gasteiger partial charge is 0.225 e. The van der Waals surface area contributed by atoms with Crippen LogP contribution in [-0.2, 0) is 4.79 Å². The van der Waals surface area contributed by atoms with Gasteiger partial charge in [0.15, 0.2) is 0 Å². The molecule has 5 heteroatoms. The molecule has 1 amide bonds. The van der Waals surface area contributed by atoms with Crippen LogP contribution in [0.3, 0.4) is 0 Å². The average molecular weight is 235 g/mol. The van der Waals surface area contributed by atoms with Crippen molar-refractivity contribution in [3.8, 4) is 0 Å². The van der Waals surface area contributed by atoms with Crippen LogP contribution in [-0.4, -0.2) is 15.9 Å². The van der Waals surface area contributed by atoms with Crippen LogP contribution in [0.4, 0.5) is 5.82 Å². The Morgan fingerprint density at radius 3 is 3.19 bits per heavy atom. The van der Waals surface area contributed by atoms with E-state index in [4.69, 9.17) is 0 Å². The first-order valence-electron chi connectivity index (χ1n) is 5.29. The first-order chi connectivity index (χ1) is 7.81. The number of anilines is 1. The molecule has 0 fully saturated rings. The van der Waals surface area contributed by atoms with Crippen molar-refractivity contribution < 1.29 is 4.79 Å². The molecule has 16 heavy (non-hydrogen) atoms. The number of aromatic nitrogens is 2. The van der Waals surface area contributed by atoms with Gasteiger partial charge in [-0.05, 0) is 17.9 Å². The average Bonchev–Trinajstić information content (AvgIpc) is 2.75. The van der Waals surface area contributed by atoms with Crippen molar-refractivity contribution in [1.29, 1.82) is 0 Å². The highest BCUT2D eigenvalue weighted by atomic mass is 32.1. The fourth-order valence-electron chi connectivity index (χ4n) is 1.42. The van der Waals surface area contributed by atoms with E-state index in [0.717, 1.165) is 23.1 Å². The van der Waals surface area contributed by atoms with E-state index in [-0.39, 0.29) is 5.91 Å². The summed E-state index contributed by atoms with van der Waals surface area (Å²) in [5.74, 6) is 0.639. The van der Waals surface area contributed by atoms with Gasteiger partial charge in [-0.3, -0.25) is 4.79 Å². The van der Waals surface area contributed by atoms with Gasteiger partial charge in [0.25, 0.3) is 0 Å². The van der Waals surface area contributed by atoms with E-state index in [0.29, 0.717) is 12.2 Å². The predicted molar refractivity (Wildman–Crippen MR) is 65.6 cm³/mol. The number of amides is 1. The zero-order valence-electron chi connectivity index (χ0n) is 9.06. The van der Waals surface area contributed by atoms with E-state index in [1.165, 1.54) is 6.33 Å². The highest BCUT2D eigenvalue weighted by molar-refractivity contribution is 7.16. The quantitative estimate of drug-likeness (QED) is 0.886. The molecule has 0 atom stereocenters. The maximum atomic E-state index is 11.6. The minimum atomic E-state index is 0.0213. The molecular weight excluding hydrogens is 222 g/mol. The molecule has 0 unspecified atom stereocenters. The largest absolute Gasteiger partial charge is 0.310 e. The summed E-state index contributed by atoms with van der Waals surface area (Å²) < 4.78 is 0. The number of nitrogens with one attached hydrogen (secondary N) is 1. The molecule has 2 heterocycles. The number of unbranched alkanes of at least 4 members (excludes halogenated alkanes) is 1. The topological polar surface area (TPSA) is 54.9 Å². The Labute approximate surface area is 97.7 Å². The summed E-state index contributed by atoms with van der Waals surface area (Å²) in [4.78, 5) is 20.7. The maximum Gasteiger partial charge on any atom is 0.225 e. The van der Waals surface area contributed by atoms with Gasteiger partial charge in [-0.25, -0.2) is 9.97 Å². The van der Waals surface area contributed by atoms with E-state index in [2.05, 4.69) is 22.2 Å². The molecule has 4 nitrogen and oxygen atoms in total. The van der Waals surface area contributed by atoms with Gasteiger partial charge in [0, 0.05) is 6.42 Å². The molecule has 84 valence electrons. The van der Waals surface area contributed by atoms with Crippen molar-refractivity contribution in [2.45, 2.75) is 26.2 Å². The molecule has 1 N–H and O–H groups in total. The normalized spacial score (nSPS) is 10.6. The summed E-state index contributed by atoms with van der Waals surface area (Å²) >= 11 is 1.54. The van der Waals surface area contributed by atoms with Crippen molar-refractivity contribution in [3.63, 3.8) is 0 Å². The fraction of sp³-hybridized carbons (Fsp3) is 0.364. The lowest BCUT2D eigenvalue weighted by Crippen LogP contribution is -2.12. The molecule has 0 aliphatic heterocycles. The molecular formula is C11H13N3OS. The number of hydrogen-bond donors (Lipinski definition) is 1. The number of thiophene rings is 1. The summed E-state index contributed by atoms with van der Waals surface area (Å²) in [6.07, 6.45) is 3.95. The lowest BCUT2D eigenvalue weighted by molar-refractivity contribution is -0.116. The van der Waals surface area contributed by atoms with E-state index in [1.54, 1.807) is 11.3 Å². The Bertz CT molecular complexity index is 495. The Morgan fingerprint density at radius 1 is 1.50 bits per heavy atom. The summed E-state index contributed by atoms with van der Waals surface area (Å²) in [6.45, 7) is 2.06. The van der Waals surface area contributed by atoms with Gasteiger partial charge < -0.3 is 5.32 Å². The fourth-order valence-corrected chi connectivity index (χ4v) is 2.15. The minimum Gasteiger partial charge on any atom is -0.310 e. The van der Waals surface area contributed by atoms with E-state index >= 15 is 0 Å². The van der Waals surface area contributed by atoms with Gasteiger partial charge in [0.1, 0.15) is 17.0 Å². The second-order valence-electron chi connectivity index (χ2n) is 3.51. The van der Waals surface area contributed by atoms with Gasteiger partial charge in [-0.15, -0.1) is 11.3 Å². The lowest BCUT2D eigenvalue weighted by Gasteiger charge is -2.04. The molecule has 2 aromatic heterocycles. The number of carbonyl (C=O) groups excluding carboxylic acids is 1. The zero-order valence-corrected chi connectivity index (χ0v) is 9.88. The highest BCUT2D eigenvalue weighted by Gasteiger charge is 2.07. The molecule has 0 spiro atoms. The van der Waals surface area contributed by atoms with Crippen LogP contribution < -0.4 is 5.32 Å². The Hall–Kier alpha value is -1.49. The molecule has 0 saturated heterocycles. The number of rotatable bonds is 4. The predicted octanol–water partition coefficient (Wildman–Crippen LogP) is 2.82. The number of hydrogen-bond acceptors (Lipinski definition) is 4. The standard InChI is InChI=1S/C11H13N3OS/c1-2-3-4-9(15)14-10-8-5-6-16-11(8)13-7-12-10/h5-7H,2-4H2,1H3,(H,12,13,14,15). The van der Waals surface area contributed by atoms with Crippen molar-refractivity contribution in [3.05, 3.63) is 17.8 Å². The lowest BCUT2D eigenvalue weighted by atomic mass is 10.2. The first kappa shape index (κ1) is 11.0. The van der Waals surface area contributed by atoms with Crippen molar-refractivity contribution in [1.82, 2.24) is 9.97 Å². The number of carbonyl (C=O) groups is 1. The third-order valence-corrected chi connectivity index (χ3v) is 3.10. The Kier molecular flexibility index (Phi) is 3.46. The molecule has 0 radical (unpaired) electrons. The summed E-state index contributed by atoms with van der Waals surface area (Å²) in [6, 6.07) is 1.93. The molecule has 0 aromatic carbocycles. The van der Waals surface area contributed by atoms with Gasteiger partial charge in [0.2, 0.25) is 5.91 Å². The first-order valence-corrected chi connectivity index (χ1v) is 6.17. The zero-order chi connectivity index (χ0) is 11.4. The van der Waals surface area contributed by atoms with Crippen LogP contribution in [0.5, 0.6) is 0 Å².